The van der Waals surface area contributed by atoms with E-state index in [1.165, 1.54) is 11.1 Å². The molecule has 4 aromatic carbocycles. The Morgan fingerprint density at radius 2 is 1.19 bits per heavy atom. The van der Waals surface area contributed by atoms with Gasteiger partial charge in [-0.3, -0.25) is 0 Å². The van der Waals surface area contributed by atoms with Gasteiger partial charge in [0.05, 0.1) is 23.4 Å². The largest absolute Gasteiger partial charge is 0.497 e. The van der Waals surface area contributed by atoms with E-state index in [2.05, 4.69) is 78.9 Å². The SMILES string of the molecule is COc1ccc(-c2cc(-c3ccccc3)nc3sc(-c4ccc(-c5ccccc5)cc4)c(N)c23)cc1. The average molecular weight is 485 g/mol. The van der Waals surface area contributed by atoms with Crippen LogP contribution in [0, 0.1) is 0 Å². The summed E-state index contributed by atoms with van der Waals surface area (Å²) in [5.41, 5.74) is 15.3. The first-order valence-electron chi connectivity index (χ1n) is 11.8. The number of rotatable bonds is 5. The van der Waals surface area contributed by atoms with Gasteiger partial charge < -0.3 is 10.5 Å². The Morgan fingerprint density at radius 1 is 0.639 bits per heavy atom. The summed E-state index contributed by atoms with van der Waals surface area (Å²) < 4.78 is 5.38. The zero-order chi connectivity index (χ0) is 24.5. The minimum Gasteiger partial charge on any atom is -0.497 e. The highest BCUT2D eigenvalue weighted by Crippen LogP contribution is 2.46. The van der Waals surface area contributed by atoms with E-state index in [9.17, 15) is 0 Å². The van der Waals surface area contributed by atoms with Crippen molar-refractivity contribution < 1.29 is 4.74 Å². The van der Waals surface area contributed by atoms with Gasteiger partial charge in [-0.15, -0.1) is 11.3 Å². The summed E-state index contributed by atoms with van der Waals surface area (Å²) in [4.78, 5) is 7.02. The number of nitrogens with two attached hydrogens (primary N) is 1. The maximum atomic E-state index is 6.85. The lowest BCUT2D eigenvalue weighted by molar-refractivity contribution is 0.415. The minimum atomic E-state index is 0.764. The van der Waals surface area contributed by atoms with E-state index in [-0.39, 0.29) is 0 Å². The van der Waals surface area contributed by atoms with Gasteiger partial charge in [0.15, 0.2) is 0 Å². The molecule has 0 aliphatic carbocycles. The van der Waals surface area contributed by atoms with Crippen LogP contribution in [-0.2, 0) is 0 Å². The number of aromatic nitrogens is 1. The predicted octanol–water partition coefficient (Wildman–Crippen LogP) is 8.56. The average Bonchev–Trinajstić information content (AvgIpc) is 3.30. The Morgan fingerprint density at radius 3 is 1.83 bits per heavy atom. The van der Waals surface area contributed by atoms with Crippen LogP contribution in [-0.4, -0.2) is 12.1 Å². The molecular weight excluding hydrogens is 460 g/mol. The van der Waals surface area contributed by atoms with Gasteiger partial charge in [0.2, 0.25) is 0 Å². The van der Waals surface area contributed by atoms with E-state index in [1.807, 2.05) is 36.4 Å². The second kappa shape index (κ2) is 9.33. The highest BCUT2D eigenvalue weighted by atomic mass is 32.1. The molecule has 0 spiro atoms. The predicted molar refractivity (Wildman–Crippen MR) is 152 cm³/mol. The van der Waals surface area contributed by atoms with Crippen LogP contribution < -0.4 is 10.5 Å². The molecule has 4 heteroatoms. The van der Waals surface area contributed by atoms with E-state index < -0.39 is 0 Å². The van der Waals surface area contributed by atoms with Crippen molar-refractivity contribution in [2.24, 2.45) is 0 Å². The van der Waals surface area contributed by atoms with Gasteiger partial charge in [-0.2, -0.15) is 0 Å². The maximum absolute atomic E-state index is 6.85. The second-order valence-corrected chi connectivity index (χ2v) is 9.62. The van der Waals surface area contributed by atoms with Gasteiger partial charge in [0.1, 0.15) is 10.6 Å². The van der Waals surface area contributed by atoms with Crippen molar-refractivity contribution >= 4 is 27.2 Å². The molecule has 3 nitrogen and oxygen atoms in total. The Labute approximate surface area is 214 Å². The van der Waals surface area contributed by atoms with Crippen molar-refractivity contribution in [1.29, 1.82) is 0 Å². The van der Waals surface area contributed by atoms with Gasteiger partial charge in [-0.1, -0.05) is 97.1 Å². The normalized spacial score (nSPS) is 11.0. The van der Waals surface area contributed by atoms with Gasteiger partial charge in [-0.25, -0.2) is 4.98 Å². The first-order valence-corrected chi connectivity index (χ1v) is 12.6. The zero-order valence-electron chi connectivity index (χ0n) is 19.8. The number of benzene rings is 4. The van der Waals surface area contributed by atoms with Crippen molar-refractivity contribution in [3.8, 4) is 49.7 Å². The summed E-state index contributed by atoms with van der Waals surface area (Å²) in [6.07, 6.45) is 0. The fraction of sp³-hybridized carbons (Fsp3) is 0.0312. The van der Waals surface area contributed by atoms with Crippen LogP contribution in [0.1, 0.15) is 0 Å². The van der Waals surface area contributed by atoms with Crippen LogP contribution >= 0.6 is 11.3 Å². The molecular formula is C32H24N2OS. The third kappa shape index (κ3) is 4.02. The van der Waals surface area contributed by atoms with Crippen molar-refractivity contribution in [3.05, 3.63) is 115 Å². The van der Waals surface area contributed by atoms with Crippen molar-refractivity contribution in [3.63, 3.8) is 0 Å². The molecule has 0 aliphatic rings. The molecule has 0 fully saturated rings. The zero-order valence-corrected chi connectivity index (χ0v) is 20.6. The fourth-order valence-electron chi connectivity index (χ4n) is 4.54. The number of nitrogen functional groups attached to an aromatic ring is 1. The lowest BCUT2D eigenvalue weighted by atomic mass is 9.98. The van der Waals surface area contributed by atoms with Crippen LogP contribution in [0.3, 0.4) is 0 Å². The number of nitrogens with zero attached hydrogens (tertiary/aromatic N) is 1. The second-order valence-electron chi connectivity index (χ2n) is 8.62. The van der Waals surface area contributed by atoms with E-state index in [4.69, 9.17) is 15.5 Å². The lowest BCUT2D eigenvalue weighted by Gasteiger charge is -2.10. The van der Waals surface area contributed by atoms with Crippen molar-refractivity contribution in [2.75, 3.05) is 12.8 Å². The third-order valence-electron chi connectivity index (χ3n) is 6.42. The molecule has 2 N–H and O–H groups in total. The van der Waals surface area contributed by atoms with E-state index in [0.717, 1.165) is 54.5 Å². The van der Waals surface area contributed by atoms with Gasteiger partial charge in [0.25, 0.3) is 0 Å². The Balaban J connectivity index is 1.52. The topological polar surface area (TPSA) is 48.1 Å². The molecule has 0 unspecified atom stereocenters. The number of hydrogen-bond acceptors (Lipinski definition) is 4. The van der Waals surface area contributed by atoms with Crippen LogP contribution in [0.5, 0.6) is 5.75 Å². The Hall–Kier alpha value is -4.41. The van der Waals surface area contributed by atoms with Crippen LogP contribution in [0.4, 0.5) is 5.69 Å². The molecule has 0 atom stereocenters. The van der Waals surface area contributed by atoms with E-state index in [1.54, 1.807) is 18.4 Å². The van der Waals surface area contributed by atoms with E-state index >= 15 is 0 Å². The molecule has 0 bridgehead atoms. The van der Waals surface area contributed by atoms with Gasteiger partial charge >= 0.3 is 0 Å². The Kier molecular flexibility index (Phi) is 5.72. The molecule has 0 saturated carbocycles. The highest BCUT2D eigenvalue weighted by Gasteiger charge is 2.19. The summed E-state index contributed by atoms with van der Waals surface area (Å²) in [6.45, 7) is 0. The number of ether oxygens (including phenoxy) is 1. The quantitative estimate of drug-likeness (QED) is 0.267. The molecule has 2 heterocycles. The van der Waals surface area contributed by atoms with Crippen LogP contribution in [0.2, 0.25) is 0 Å². The molecule has 0 aliphatic heterocycles. The molecule has 36 heavy (non-hydrogen) atoms. The van der Waals surface area contributed by atoms with Crippen molar-refractivity contribution in [2.45, 2.75) is 0 Å². The Bertz CT molecular complexity index is 1640. The number of pyridine rings is 1. The van der Waals surface area contributed by atoms with Crippen LogP contribution in [0.15, 0.2) is 115 Å². The van der Waals surface area contributed by atoms with E-state index in [0.29, 0.717) is 0 Å². The molecule has 6 rings (SSSR count). The summed E-state index contributed by atoms with van der Waals surface area (Å²) >= 11 is 1.64. The minimum absolute atomic E-state index is 0.764. The highest BCUT2D eigenvalue weighted by molar-refractivity contribution is 7.22. The standard InChI is InChI=1S/C32H24N2OS/c1-35-26-18-16-23(17-19-26)27-20-28(24-10-6-3-7-11-24)34-32-29(27)30(33)31(36-32)25-14-12-22(13-15-25)21-8-4-2-5-9-21/h2-20H,33H2,1H3. The summed E-state index contributed by atoms with van der Waals surface area (Å²) in [5, 5.41) is 0.993. The smallest absolute Gasteiger partial charge is 0.127 e. The summed E-state index contributed by atoms with van der Waals surface area (Å²) in [5.74, 6) is 0.824. The number of thiophene rings is 1. The number of hydrogen-bond donors (Lipinski definition) is 1. The first kappa shape index (κ1) is 22.1. The van der Waals surface area contributed by atoms with Gasteiger partial charge in [-0.05, 0) is 46.0 Å². The monoisotopic (exact) mass is 484 g/mol. The third-order valence-corrected chi connectivity index (χ3v) is 7.57. The number of methoxy groups -OCH3 is 1. The molecule has 6 aromatic rings. The molecule has 174 valence electrons. The molecule has 0 saturated heterocycles. The summed E-state index contributed by atoms with van der Waals surface area (Å²) in [7, 11) is 1.68. The number of fused-ring (bicyclic) bond motifs is 1. The first-order chi connectivity index (χ1) is 17.7. The molecule has 2 aromatic heterocycles. The van der Waals surface area contributed by atoms with Crippen LogP contribution in [0.25, 0.3) is 54.2 Å². The molecule has 0 amide bonds. The maximum Gasteiger partial charge on any atom is 0.127 e. The number of anilines is 1. The summed E-state index contributed by atoms with van der Waals surface area (Å²) in [6, 6.07) is 39.5. The van der Waals surface area contributed by atoms with Crippen molar-refractivity contribution in [1.82, 2.24) is 4.98 Å². The van der Waals surface area contributed by atoms with Gasteiger partial charge in [0, 0.05) is 10.9 Å². The lowest BCUT2D eigenvalue weighted by Crippen LogP contribution is -1.91. The molecule has 0 radical (unpaired) electrons. The fourth-order valence-corrected chi connectivity index (χ4v) is 5.66.